The Balaban J connectivity index is 2.37. The summed E-state index contributed by atoms with van der Waals surface area (Å²) in [5.74, 6) is 0.834. The number of nitrogens with one attached hydrogen (secondary N) is 1. The Hall–Kier alpha value is -1.05. The Labute approximate surface area is 122 Å². The summed E-state index contributed by atoms with van der Waals surface area (Å²) in [6, 6.07) is 0.320. The Kier molecular flexibility index (Phi) is 4.49. The standard InChI is InChI=1S/C12H19N5S2/c1-5-8(2)17-11(14-15-12(17)18)9-7-19-10(13-9)6-16(3)4/h7-8H,5-6H2,1-4H3,(H,15,18). The Bertz CT molecular complexity index is 595. The summed E-state index contributed by atoms with van der Waals surface area (Å²) in [6.45, 7) is 5.13. The fourth-order valence-electron chi connectivity index (χ4n) is 1.83. The van der Waals surface area contributed by atoms with Gasteiger partial charge < -0.3 is 4.90 Å². The molecule has 7 heteroatoms. The molecule has 0 aliphatic carbocycles. The number of thiazole rings is 1. The van der Waals surface area contributed by atoms with Gasteiger partial charge in [-0.15, -0.1) is 11.3 Å². The molecule has 1 atom stereocenters. The van der Waals surface area contributed by atoms with E-state index in [4.69, 9.17) is 12.2 Å². The first kappa shape index (κ1) is 14.4. The van der Waals surface area contributed by atoms with Crippen molar-refractivity contribution in [1.82, 2.24) is 24.6 Å². The maximum absolute atomic E-state index is 5.30. The van der Waals surface area contributed by atoms with Gasteiger partial charge in [-0.05, 0) is 39.7 Å². The van der Waals surface area contributed by atoms with Crippen LogP contribution in [0.1, 0.15) is 31.3 Å². The zero-order chi connectivity index (χ0) is 14.0. The summed E-state index contributed by atoms with van der Waals surface area (Å²) in [5, 5.41) is 10.3. The fraction of sp³-hybridized carbons (Fsp3) is 0.583. The van der Waals surface area contributed by atoms with Crippen molar-refractivity contribution in [2.45, 2.75) is 32.9 Å². The molecule has 5 nitrogen and oxygen atoms in total. The first-order valence-corrected chi connectivity index (χ1v) is 7.58. The molecule has 0 aromatic carbocycles. The lowest BCUT2D eigenvalue weighted by Crippen LogP contribution is -2.10. The van der Waals surface area contributed by atoms with Crippen LogP contribution >= 0.6 is 23.6 Å². The second-order valence-corrected chi connectivity index (χ2v) is 6.17. The largest absolute Gasteiger partial charge is 0.303 e. The molecular formula is C12H19N5S2. The lowest BCUT2D eigenvalue weighted by molar-refractivity contribution is 0.401. The molecule has 104 valence electrons. The van der Waals surface area contributed by atoms with E-state index < -0.39 is 0 Å². The van der Waals surface area contributed by atoms with E-state index >= 15 is 0 Å². The predicted molar refractivity (Wildman–Crippen MR) is 80.9 cm³/mol. The second kappa shape index (κ2) is 5.94. The zero-order valence-corrected chi connectivity index (χ0v) is 13.3. The van der Waals surface area contributed by atoms with Crippen LogP contribution in [0.15, 0.2) is 5.38 Å². The highest BCUT2D eigenvalue weighted by atomic mass is 32.1. The maximum Gasteiger partial charge on any atom is 0.195 e. The van der Waals surface area contributed by atoms with Crippen molar-refractivity contribution in [2.75, 3.05) is 14.1 Å². The van der Waals surface area contributed by atoms with Crippen molar-refractivity contribution in [3.8, 4) is 11.5 Å². The summed E-state index contributed by atoms with van der Waals surface area (Å²) >= 11 is 6.96. The molecule has 2 aromatic heterocycles. The maximum atomic E-state index is 5.30. The molecule has 0 aliphatic rings. The van der Waals surface area contributed by atoms with Crippen LogP contribution in [-0.4, -0.2) is 38.7 Å². The summed E-state index contributed by atoms with van der Waals surface area (Å²) in [7, 11) is 4.08. The monoisotopic (exact) mass is 297 g/mol. The van der Waals surface area contributed by atoms with Crippen LogP contribution in [0.3, 0.4) is 0 Å². The minimum atomic E-state index is 0.320. The van der Waals surface area contributed by atoms with Crippen molar-refractivity contribution in [3.05, 3.63) is 15.2 Å². The van der Waals surface area contributed by atoms with Crippen LogP contribution in [0, 0.1) is 4.77 Å². The molecule has 0 spiro atoms. The van der Waals surface area contributed by atoms with Crippen molar-refractivity contribution in [2.24, 2.45) is 0 Å². The van der Waals surface area contributed by atoms with Crippen LogP contribution in [0.25, 0.3) is 11.5 Å². The normalized spacial score (nSPS) is 13.1. The number of H-pyrrole nitrogens is 1. The summed E-state index contributed by atoms with van der Waals surface area (Å²) in [5.41, 5.74) is 0.898. The molecule has 2 rings (SSSR count). The van der Waals surface area contributed by atoms with Gasteiger partial charge >= 0.3 is 0 Å². The molecule has 1 N–H and O–H groups in total. The smallest absolute Gasteiger partial charge is 0.195 e. The third-order valence-corrected chi connectivity index (χ3v) is 4.09. The molecule has 0 fully saturated rings. The van der Waals surface area contributed by atoms with E-state index in [-0.39, 0.29) is 0 Å². The minimum Gasteiger partial charge on any atom is -0.303 e. The van der Waals surface area contributed by atoms with E-state index in [0.29, 0.717) is 10.8 Å². The molecule has 2 aromatic rings. The second-order valence-electron chi connectivity index (χ2n) is 4.84. The first-order valence-electron chi connectivity index (χ1n) is 6.29. The summed E-state index contributed by atoms with van der Waals surface area (Å²) in [6.07, 6.45) is 1.01. The van der Waals surface area contributed by atoms with Gasteiger partial charge in [-0.25, -0.2) is 4.98 Å². The van der Waals surface area contributed by atoms with Gasteiger partial charge in [-0.2, -0.15) is 5.10 Å². The highest BCUT2D eigenvalue weighted by Crippen LogP contribution is 2.24. The Morgan fingerprint density at radius 1 is 1.53 bits per heavy atom. The van der Waals surface area contributed by atoms with Crippen molar-refractivity contribution in [3.63, 3.8) is 0 Å². The van der Waals surface area contributed by atoms with Crippen molar-refractivity contribution in [1.29, 1.82) is 0 Å². The van der Waals surface area contributed by atoms with Gasteiger partial charge in [0.1, 0.15) is 10.7 Å². The molecule has 0 saturated heterocycles. The molecular weight excluding hydrogens is 278 g/mol. The number of hydrogen-bond donors (Lipinski definition) is 1. The van der Waals surface area contributed by atoms with Crippen LogP contribution in [0.5, 0.6) is 0 Å². The highest BCUT2D eigenvalue weighted by Gasteiger charge is 2.16. The van der Waals surface area contributed by atoms with Crippen molar-refractivity contribution >= 4 is 23.6 Å². The van der Waals surface area contributed by atoms with Gasteiger partial charge in [0, 0.05) is 18.0 Å². The average Bonchev–Trinajstić information content (AvgIpc) is 2.94. The van der Waals surface area contributed by atoms with Gasteiger partial charge in [0.25, 0.3) is 0 Å². The molecule has 0 bridgehead atoms. The van der Waals surface area contributed by atoms with Crippen LogP contribution in [0.2, 0.25) is 0 Å². The average molecular weight is 297 g/mol. The van der Waals surface area contributed by atoms with Crippen LogP contribution in [-0.2, 0) is 6.54 Å². The van der Waals surface area contributed by atoms with E-state index in [1.165, 1.54) is 0 Å². The first-order chi connectivity index (χ1) is 9.02. The number of rotatable bonds is 5. The minimum absolute atomic E-state index is 0.320. The summed E-state index contributed by atoms with van der Waals surface area (Å²) in [4.78, 5) is 6.74. The lowest BCUT2D eigenvalue weighted by atomic mass is 10.2. The molecule has 0 saturated carbocycles. The topological polar surface area (TPSA) is 49.7 Å². The molecule has 0 radical (unpaired) electrons. The number of hydrogen-bond acceptors (Lipinski definition) is 5. The molecule has 1 unspecified atom stereocenters. The highest BCUT2D eigenvalue weighted by molar-refractivity contribution is 7.71. The van der Waals surface area contributed by atoms with Gasteiger partial charge in [-0.1, -0.05) is 6.92 Å². The third kappa shape index (κ3) is 3.10. The number of aromatic amines is 1. The Morgan fingerprint density at radius 3 is 2.89 bits per heavy atom. The zero-order valence-electron chi connectivity index (χ0n) is 11.7. The number of nitrogens with zero attached hydrogens (tertiary/aromatic N) is 4. The number of aromatic nitrogens is 4. The molecule has 0 amide bonds. The van der Waals surface area contributed by atoms with E-state index in [2.05, 4.69) is 33.9 Å². The van der Waals surface area contributed by atoms with E-state index in [1.54, 1.807) is 11.3 Å². The molecule has 19 heavy (non-hydrogen) atoms. The van der Waals surface area contributed by atoms with Gasteiger partial charge in [0.05, 0.1) is 0 Å². The van der Waals surface area contributed by atoms with E-state index in [9.17, 15) is 0 Å². The van der Waals surface area contributed by atoms with Gasteiger partial charge in [0.15, 0.2) is 10.6 Å². The van der Waals surface area contributed by atoms with E-state index in [0.717, 1.165) is 29.5 Å². The SMILES string of the molecule is CCC(C)n1c(-c2csc(CN(C)C)n2)n[nH]c1=S. The predicted octanol–water partition coefficient (Wildman–Crippen LogP) is 3.10. The Morgan fingerprint density at radius 2 is 2.26 bits per heavy atom. The van der Waals surface area contributed by atoms with Gasteiger partial charge in [0.2, 0.25) is 0 Å². The quantitative estimate of drug-likeness (QED) is 0.862. The fourth-order valence-corrected chi connectivity index (χ4v) is 3.04. The molecule has 0 aliphatic heterocycles. The molecule has 2 heterocycles. The lowest BCUT2D eigenvalue weighted by Gasteiger charge is -2.12. The van der Waals surface area contributed by atoms with Crippen LogP contribution < -0.4 is 0 Å². The van der Waals surface area contributed by atoms with Crippen molar-refractivity contribution < 1.29 is 0 Å². The third-order valence-electron chi connectivity index (χ3n) is 2.97. The van der Waals surface area contributed by atoms with Gasteiger partial charge in [-0.3, -0.25) is 9.67 Å². The van der Waals surface area contributed by atoms with Crippen LogP contribution in [0.4, 0.5) is 0 Å². The summed E-state index contributed by atoms with van der Waals surface area (Å²) < 4.78 is 2.70. The van der Waals surface area contributed by atoms with E-state index in [1.807, 2.05) is 24.0 Å².